The van der Waals surface area contributed by atoms with Gasteiger partial charge in [-0.1, -0.05) is 31.2 Å². The number of aryl methyl sites for hydroxylation is 1. The fourth-order valence-corrected chi connectivity index (χ4v) is 5.21. The maximum Gasteiger partial charge on any atom is 0.410 e. The number of amides is 3. The van der Waals surface area contributed by atoms with E-state index in [0.717, 1.165) is 28.7 Å². The minimum atomic E-state index is -0.580. The summed E-state index contributed by atoms with van der Waals surface area (Å²) in [4.78, 5) is 41.1. The van der Waals surface area contributed by atoms with Crippen molar-refractivity contribution in [3.63, 3.8) is 0 Å². The summed E-state index contributed by atoms with van der Waals surface area (Å²) in [6, 6.07) is 10.3. The predicted octanol–water partition coefficient (Wildman–Crippen LogP) is 7.69. The second kappa shape index (κ2) is 13.2. The van der Waals surface area contributed by atoms with E-state index in [0.29, 0.717) is 50.3 Å². The second-order valence-electron chi connectivity index (χ2n) is 13.2. The lowest BCUT2D eigenvalue weighted by atomic mass is 9.93. The lowest BCUT2D eigenvalue weighted by Crippen LogP contribution is -2.39. The molecule has 0 aliphatic carbocycles. The second-order valence-corrected chi connectivity index (χ2v) is 13.2. The van der Waals surface area contributed by atoms with Crippen LogP contribution >= 0.6 is 0 Å². The summed E-state index contributed by atoms with van der Waals surface area (Å²) >= 11 is 0. The van der Waals surface area contributed by atoms with Gasteiger partial charge in [0.05, 0.1) is 0 Å². The van der Waals surface area contributed by atoms with Gasteiger partial charge in [-0.25, -0.2) is 14.0 Å². The Morgan fingerprint density at radius 1 is 0.795 bits per heavy atom. The number of benzene rings is 2. The first-order chi connectivity index (χ1) is 20.6. The molecule has 44 heavy (non-hydrogen) atoms. The minimum Gasteiger partial charge on any atom is -0.444 e. The van der Waals surface area contributed by atoms with Gasteiger partial charge in [0.15, 0.2) is 0 Å². The molecule has 1 N–H and O–H groups in total. The fraction of sp³-hybridized carbons (Fsp3) is 0.457. The van der Waals surface area contributed by atoms with Gasteiger partial charge in [-0.2, -0.15) is 0 Å². The maximum absolute atomic E-state index is 15.2. The van der Waals surface area contributed by atoms with Crippen LogP contribution in [-0.4, -0.2) is 65.3 Å². The lowest BCUT2D eigenvalue weighted by molar-refractivity contribution is 0.0260. The van der Waals surface area contributed by atoms with Gasteiger partial charge in [0, 0.05) is 43.0 Å². The number of hydrogen-bond donors (Lipinski definition) is 1. The molecule has 9 heteroatoms. The minimum absolute atomic E-state index is 0.220. The Bertz CT molecular complexity index is 1480. The van der Waals surface area contributed by atoms with Crippen molar-refractivity contribution >= 4 is 34.9 Å². The van der Waals surface area contributed by atoms with Crippen LogP contribution in [0.4, 0.5) is 19.7 Å². The molecule has 2 aliphatic rings. The van der Waals surface area contributed by atoms with Crippen molar-refractivity contribution < 1.29 is 28.2 Å². The molecule has 0 bridgehead atoms. The first kappa shape index (κ1) is 32.8. The van der Waals surface area contributed by atoms with Crippen molar-refractivity contribution in [3.8, 4) is 0 Å². The van der Waals surface area contributed by atoms with E-state index in [9.17, 15) is 14.4 Å². The van der Waals surface area contributed by atoms with Crippen LogP contribution in [0.15, 0.2) is 48.6 Å². The van der Waals surface area contributed by atoms with Gasteiger partial charge in [-0.05, 0) is 107 Å². The molecule has 236 valence electrons. The van der Waals surface area contributed by atoms with Gasteiger partial charge in [-0.15, -0.1) is 0 Å². The Morgan fingerprint density at radius 3 is 1.77 bits per heavy atom. The van der Waals surface area contributed by atoms with E-state index in [1.165, 1.54) is 6.07 Å². The molecule has 0 aromatic heterocycles. The van der Waals surface area contributed by atoms with Crippen LogP contribution in [0, 0.1) is 5.82 Å². The smallest absolute Gasteiger partial charge is 0.410 e. The molecule has 2 heterocycles. The monoisotopic (exact) mass is 605 g/mol. The largest absolute Gasteiger partial charge is 0.444 e. The summed E-state index contributed by atoms with van der Waals surface area (Å²) in [6.45, 7) is 14.9. The SMILES string of the molecule is CCc1cc(NC(=O)c2ccc(C3=CCN(C(=O)OC(C)(C)C)CC3)c(F)c2)ccc1C1=CCN(C(=O)OC(C)(C)C)CC1. The highest BCUT2D eigenvalue weighted by Gasteiger charge is 2.26. The number of halogens is 1. The van der Waals surface area contributed by atoms with Crippen molar-refractivity contribution in [3.05, 3.63) is 76.6 Å². The lowest BCUT2D eigenvalue weighted by Gasteiger charge is -2.30. The van der Waals surface area contributed by atoms with E-state index in [1.807, 2.05) is 65.8 Å². The Labute approximate surface area is 259 Å². The topological polar surface area (TPSA) is 88.2 Å². The normalized spacial score (nSPS) is 15.7. The molecule has 0 unspecified atom stereocenters. The molecule has 0 fully saturated rings. The van der Waals surface area contributed by atoms with Crippen LogP contribution < -0.4 is 5.32 Å². The van der Waals surface area contributed by atoms with Gasteiger partial charge in [-0.3, -0.25) is 4.79 Å². The van der Waals surface area contributed by atoms with E-state index in [-0.39, 0.29) is 17.7 Å². The van der Waals surface area contributed by atoms with Gasteiger partial charge >= 0.3 is 12.2 Å². The van der Waals surface area contributed by atoms with Crippen LogP contribution in [0.1, 0.15) is 88.4 Å². The third-order valence-corrected chi connectivity index (χ3v) is 7.39. The van der Waals surface area contributed by atoms with E-state index < -0.39 is 22.9 Å². The third-order valence-electron chi connectivity index (χ3n) is 7.39. The molecule has 0 radical (unpaired) electrons. The highest BCUT2D eigenvalue weighted by molar-refractivity contribution is 6.04. The number of rotatable bonds is 5. The average molecular weight is 606 g/mol. The van der Waals surface area contributed by atoms with Crippen LogP contribution in [0.2, 0.25) is 0 Å². The Morgan fingerprint density at radius 2 is 1.32 bits per heavy atom. The molecule has 0 saturated carbocycles. The molecule has 4 rings (SSSR count). The number of hydrogen-bond acceptors (Lipinski definition) is 5. The first-order valence-electron chi connectivity index (χ1n) is 15.2. The predicted molar refractivity (Wildman–Crippen MR) is 171 cm³/mol. The maximum atomic E-state index is 15.2. The molecule has 0 spiro atoms. The molecular formula is C35H44FN3O5. The quantitative estimate of drug-likeness (QED) is 0.378. The molecule has 2 aromatic carbocycles. The van der Waals surface area contributed by atoms with Crippen molar-refractivity contribution in [2.75, 3.05) is 31.5 Å². The molecule has 8 nitrogen and oxygen atoms in total. The number of nitrogens with zero attached hydrogens (tertiary/aromatic N) is 2. The van der Waals surface area contributed by atoms with Crippen LogP contribution in [0.5, 0.6) is 0 Å². The van der Waals surface area contributed by atoms with Gasteiger partial charge in [0.25, 0.3) is 5.91 Å². The summed E-state index contributed by atoms with van der Waals surface area (Å²) in [6.07, 6.45) is 5.14. The molecule has 2 aromatic rings. The number of carbonyl (C=O) groups excluding carboxylic acids is 3. The highest BCUT2D eigenvalue weighted by atomic mass is 19.1. The van der Waals surface area contributed by atoms with Crippen molar-refractivity contribution in [1.82, 2.24) is 9.80 Å². The van der Waals surface area contributed by atoms with Crippen molar-refractivity contribution in [2.45, 2.75) is 78.9 Å². The van der Waals surface area contributed by atoms with Crippen molar-refractivity contribution in [1.29, 1.82) is 0 Å². The summed E-state index contributed by atoms with van der Waals surface area (Å²) < 4.78 is 26.1. The van der Waals surface area contributed by atoms with Gasteiger partial charge < -0.3 is 24.6 Å². The zero-order chi connectivity index (χ0) is 32.2. The standard InChI is InChI=1S/C35H44FN3O5/c1-8-23-21-27(10-12-28(23)24-13-17-38(18-14-24)32(41)43-34(2,3)4)37-31(40)26-9-11-29(30(36)22-26)25-15-19-39(20-16-25)33(42)44-35(5,6)7/h9-13,15,21-22H,8,14,16-20H2,1-7H3,(H,37,40). The van der Waals surface area contributed by atoms with E-state index >= 15 is 4.39 Å². The number of nitrogens with one attached hydrogen (secondary N) is 1. The summed E-state index contributed by atoms with van der Waals surface area (Å²) in [5.41, 5.74) is 4.28. The van der Waals surface area contributed by atoms with E-state index in [4.69, 9.17) is 9.47 Å². The van der Waals surface area contributed by atoms with E-state index in [2.05, 4.69) is 18.3 Å². The molecule has 2 aliphatic heterocycles. The fourth-order valence-electron chi connectivity index (χ4n) is 5.21. The molecule has 0 saturated heterocycles. The average Bonchev–Trinajstić information content (AvgIpc) is 2.95. The first-order valence-corrected chi connectivity index (χ1v) is 15.2. The zero-order valence-electron chi connectivity index (χ0n) is 26.9. The highest BCUT2D eigenvalue weighted by Crippen LogP contribution is 2.30. The van der Waals surface area contributed by atoms with Gasteiger partial charge in [0.1, 0.15) is 17.0 Å². The Balaban J connectivity index is 1.40. The molecule has 0 atom stereocenters. The Hall–Kier alpha value is -4.14. The number of carbonyl (C=O) groups is 3. The number of ether oxygens (including phenoxy) is 2. The summed E-state index contributed by atoms with van der Waals surface area (Å²) in [7, 11) is 0. The van der Waals surface area contributed by atoms with Crippen molar-refractivity contribution in [2.24, 2.45) is 0 Å². The summed E-state index contributed by atoms with van der Waals surface area (Å²) in [5.74, 6) is -0.882. The third kappa shape index (κ3) is 8.49. The summed E-state index contributed by atoms with van der Waals surface area (Å²) in [5, 5.41) is 2.90. The van der Waals surface area contributed by atoms with Crippen LogP contribution in [0.25, 0.3) is 11.1 Å². The van der Waals surface area contributed by atoms with Crippen LogP contribution in [-0.2, 0) is 15.9 Å². The number of anilines is 1. The Kier molecular flexibility index (Phi) is 9.86. The zero-order valence-corrected chi connectivity index (χ0v) is 26.9. The van der Waals surface area contributed by atoms with Crippen LogP contribution in [0.3, 0.4) is 0 Å². The van der Waals surface area contributed by atoms with Gasteiger partial charge in [0.2, 0.25) is 0 Å². The molecular weight excluding hydrogens is 561 g/mol. The van der Waals surface area contributed by atoms with E-state index in [1.54, 1.807) is 21.9 Å². The molecule has 3 amide bonds.